The summed E-state index contributed by atoms with van der Waals surface area (Å²) in [5, 5.41) is 2.95. The molecule has 0 saturated heterocycles. The van der Waals surface area contributed by atoms with E-state index in [1.807, 2.05) is 24.3 Å². The van der Waals surface area contributed by atoms with Gasteiger partial charge in [-0.3, -0.25) is 4.79 Å². The number of hydrogen-bond acceptors (Lipinski definition) is 7. The maximum atomic E-state index is 12.5. The van der Waals surface area contributed by atoms with Crippen LogP contribution in [0.1, 0.15) is 10.6 Å². The van der Waals surface area contributed by atoms with E-state index >= 15 is 0 Å². The summed E-state index contributed by atoms with van der Waals surface area (Å²) >= 11 is 0. The number of allylic oxidation sites excluding steroid dienone is 1. The standard InChI is InChI=1S/C21H18N6O3S/c1-27-18-6-3-2-5-17(18)25-20(27)19(28)11-14-22-15-7-9-16(10-8-15)31(29,30)26-21-23-12-4-13-24-21/h2-14,22H,1H3,(H,23,24,26)/b14-11+. The van der Waals surface area contributed by atoms with Crippen LogP contribution in [-0.4, -0.2) is 33.7 Å². The predicted molar refractivity (Wildman–Crippen MR) is 117 cm³/mol. The predicted octanol–water partition coefficient (Wildman–Crippen LogP) is 2.97. The summed E-state index contributed by atoms with van der Waals surface area (Å²) in [5.41, 5.74) is 2.24. The third-order valence-corrected chi connectivity index (χ3v) is 5.79. The van der Waals surface area contributed by atoms with Gasteiger partial charge in [0, 0.05) is 37.4 Å². The summed E-state index contributed by atoms with van der Waals surface area (Å²) in [5.74, 6) is 0.0699. The zero-order valence-corrected chi connectivity index (χ0v) is 17.2. The molecule has 0 spiro atoms. The SMILES string of the molecule is Cn1c(C(=O)/C=C/Nc2ccc(S(=O)(=O)Nc3ncccn3)cc2)nc2ccccc21. The number of hydrogen-bond donors (Lipinski definition) is 2. The van der Waals surface area contributed by atoms with Crippen molar-refractivity contribution < 1.29 is 13.2 Å². The number of nitrogens with one attached hydrogen (secondary N) is 2. The lowest BCUT2D eigenvalue weighted by molar-refractivity contribution is 0.103. The highest BCUT2D eigenvalue weighted by Gasteiger charge is 2.15. The van der Waals surface area contributed by atoms with E-state index in [2.05, 4.69) is 25.0 Å². The van der Waals surface area contributed by atoms with Crippen molar-refractivity contribution in [3.05, 3.63) is 85.1 Å². The highest BCUT2D eigenvalue weighted by Crippen LogP contribution is 2.17. The van der Waals surface area contributed by atoms with Crippen molar-refractivity contribution in [3.8, 4) is 0 Å². The Morgan fingerprint density at radius 1 is 1.00 bits per heavy atom. The largest absolute Gasteiger partial charge is 0.362 e. The van der Waals surface area contributed by atoms with Crippen LogP contribution in [0.5, 0.6) is 0 Å². The molecule has 31 heavy (non-hydrogen) atoms. The van der Waals surface area contributed by atoms with Gasteiger partial charge in [0.05, 0.1) is 15.9 Å². The molecule has 9 nitrogen and oxygen atoms in total. The van der Waals surface area contributed by atoms with Gasteiger partial charge in [-0.25, -0.2) is 28.1 Å². The fraction of sp³-hybridized carbons (Fsp3) is 0.0476. The summed E-state index contributed by atoms with van der Waals surface area (Å²) in [7, 11) is -2.01. The van der Waals surface area contributed by atoms with Crippen molar-refractivity contribution >= 4 is 38.5 Å². The van der Waals surface area contributed by atoms with Crippen LogP contribution >= 0.6 is 0 Å². The Kier molecular flexibility index (Phi) is 5.46. The molecular weight excluding hydrogens is 416 g/mol. The fourth-order valence-electron chi connectivity index (χ4n) is 2.92. The van der Waals surface area contributed by atoms with Crippen molar-refractivity contribution in [2.24, 2.45) is 7.05 Å². The summed E-state index contributed by atoms with van der Waals surface area (Å²) in [6.07, 6.45) is 5.75. The second-order valence-corrected chi connectivity index (χ2v) is 8.21. The van der Waals surface area contributed by atoms with E-state index < -0.39 is 10.0 Å². The molecule has 156 valence electrons. The Morgan fingerprint density at radius 2 is 1.71 bits per heavy atom. The summed E-state index contributed by atoms with van der Waals surface area (Å²) < 4.78 is 28.8. The van der Waals surface area contributed by atoms with Crippen molar-refractivity contribution in [2.75, 3.05) is 10.0 Å². The Hall–Kier alpha value is -4.05. The number of rotatable bonds is 7. The maximum absolute atomic E-state index is 12.5. The number of aromatic nitrogens is 4. The summed E-state index contributed by atoms with van der Waals surface area (Å²) in [6, 6.07) is 15.2. The minimum Gasteiger partial charge on any atom is -0.362 e. The number of nitrogens with zero attached hydrogens (tertiary/aromatic N) is 4. The zero-order chi connectivity index (χ0) is 21.8. The molecule has 0 aliphatic carbocycles. The second-order valence-electron chi connectivity index (χ2n) is 6.53. The fourth-order valence-corrected chi connectivity index (χ4v) is 3.87. The van der Waals surface area contributed by atoms with E-state index in [4.69, 9.17) is 0 Å². The third kappa shape index (κ3) is 4.43. The normalized spacial score (nSPS) is 11.6. The molecule has 2 heterocycles. The number of anilines is 2. The first-order valence-corrected chi connectivity index (χ1v) is 10.7. The first kappa shape index (κ1) is 20.2. The van der Waals surface area contributed by atoms with Crippen LogP contribution in [0.15, 0.2) is 84.2 Å². The molecular formula is C21H18N6O3S. The Labute approximate surface area is 178 Å². The van der Waals surface area contributed by atoms with E-state index in [1.54, 1.807) is 29.8 Å². The van der Waals surface area contributed by atoms with Crippen LogP contribution in [0.3, 0.4) is 0 Å². The quantitative estimate of drug-likeness (QED) is 0.339. The van der Waals surface area contributed by atoms with Gasteiger partial charge >= 0.3 is 0 Å². The van der Waals surface area contributed by atoms with Crippen molar-refractivity contribution in [1.82, 2.24) is 19.5 Å². The van der Waals surface area contributed by atoms with Crippen LogP contribution < -0.4 is 10.0 Å². The molecule has 0 aliphatic rings. The number of carbonyl (C=O) groups is 1. The zero-order valence-electron chi connectivity index (χ0n) is 16.4. The van der Waals surface area contributed by atoms with Crippen LogP contribution in [0, 0.1) is 0 Å². The molecule has 0 unspecified atom stereocenters. The molecule has 2 aromatic heterocycles. The number of ketones is 1. The van der Waals surface area contributed by atoms with Gasteiger partial charge in [-0.05, 0) is 42.5 Å². The van der Waals surface area contributed by atoms with Crippen LogP contribution in [0.25, 0.3) is 11.0 Å². The van der Waals surface area contributed by atoms with Crippen LogP contribution in [0.4, 0.5) is 11.6 Å². The topological polar surface area (TPSA) is 119 Å². The minimum atomic E-state index is -3.80. The molecule has 0 radical (unpaired) electrons. The molecule has 2 N–H and O–H groups in total. The maximum Gasteiger partial charge on any atom is 0.264 e. The molecule has 0 fully saturated rings. The van der Waals surface area contributed by atoms with Crippen molar-refractivity contribution in [1.29, 1.82) is 0 Å². The average molecular weight is 434 g/mol. The Balaban J connectivity index is 1.42. The number of sulfonamides is 1. The smallest absolute Gasteiger partial charge is 0.264 e. The molecule has 0 atom stereocenters. The van der Waals surface area contributed by atoms with Crippen LogP contribution in [-0.2, 0) is 17.1 Å². The Morgan fingerprint density at radius 3 is 2.42 bits per heavy atom. The molecule has 10 heteroatoms. The lowest BCUT2D eigenvalue weighted by Crippen LogP contribution is -2.14. The van der Waals surface area contributed by atoms with Gasteiger partial charge in [0.1, 0.15) is 0 Å². The van der Waals surface area contributed by atoms with Gasteiger partial charge in [0.15, 0.2) is 5.82 Å². The number of para-hydroxylation sites is 2. The first-order chi connectivity index (χ1) is 14.9. The molecule has 0 bridgehead atoms. The van der Waals surface area contributed by atoms with Gasteiger partial charge in [-0.2, -0.15) is 0 Å². The number of aryl methyl sites for hydroxylation is 1. The number of fused-ring (bicyclic) bond motifs is 1. The van der Waals surface area contributed by atoms with E-state index in [9.17, 15) is 13.2 Å². The van der Waals surface area contributed by atoms with Gasteiger partial charge in [-0.15, -0.1) is 0 Å². The third-order valence-electron chi connectivity index (χ3n) is 4.45. The average Bonchev–Trinajstić information content (AvgIpc) is 3.11. The van der Waals surface area contributed by atoms with E-state index in [0.717, 1.165) is 11.0 Å². The van der Waals surface area contributed by atoms with Crippen molar-refractivity contribution in [2.45, 2.75) is 4.90 Å². The molecule has 0 saturated carbocycles. The summed E-state index contributed by atoms with van der Waals surface area (Å²) in [6.45, 7) is 0. The first-order valence-electron chi connectivity index (χ1n) is 9.23. The van der Waals surface area contributed by atoms with Crippen molar-refractivity contribution in [3.63, 3.8) is 0 Å². The highest BCUT2D eigenvalue weighted by molar-refractivity contribution is 7.92. The van der Waals surface area contributed by atoms with Gasteiger partial charge in [0.2, 0.25) is 11.7 Å². The van der Waals surface area contributed by atoms with Gasteiger partial charge in [0.25, 0.3) is 10.0 Å². The number of carbonyl (C=O) groups excluding carboxylic acids is 1. The molecule has 2 aromatic carbocycles. The number of benzene rings is 2. The Bertz CT molecular complexity index is 1360. The molecule has 4 rings (SSSR count). The monoisotopic (exact) mass is 434 g/mol. The van der Waals surface area contributed by atoms with Gasteiger partial charge in [-0.1, -0.05) is 12.1 Å². The van der Waals surface area contributed by atoms with E-state index in [0.29, 0.717) is 11.5 Å². The summed E-state index contributed by atoms with van der Waals surface area (Å²) in [4.78, 5) is 24.6. The molecule has 4 aromatic rings. The van der Waals surface area contributed by atoms with Gasteiger partial charge < -0.3 is 9.88 Å². The number of imidazole rings is 1. The highest BCUT2D eigenvalue weighted by atomic mass is 32.2. The molecule has 0 amide bonds. The minimum absolute atomic E-state index is 0.00640. The van der Waals surface area contributed by atoms with Crippen LogP contribution in [0.2, 0.25) is 0 Å². The van der Waals surface area contributed by atoms with E-state index in [-0.39, 0.29) is 16.6 Å². The lowest BCUT2D eigenvalue weighted by atomic mass is 10.3. The van der Waals surface area contributed by atoms with E-state index in [1.165, 1.54) is 36.8 Å². The second kappa shape index (κ2) is 8.36. The molecule has 0 aliphatic heterocycles. The lowest BCUT2D eigenvalue weighted by Gasteiger charge is -2.07.